The molecule has 1 atom stereocenters. The number of aromatic nitrogens is 1. The molecule has 0 aliphatic carbocycles. The lowest BCUT2D eigenvalue weighted by atomic mass is 10.2. The van der Waals surface area contributed by atoms with Gasteiger partial charge in [0, 0.05) is 5.38 Å². The summed E-state index contributed by atoms with van der Waals surface area (Å²) in [7, 11) is -1.06. The van der Waals surface area contributed by atoms with E-state index in [1.54, 1.807) is 5.51 Å². The smallest absolute Gasteiger partial charge is 0.0904 e. The number of benzene rings is 1. The summed E-state index contributed by atoms with van der Waals surface area (Å²) in [6.45, 7) is 0. The molecule has 0 saturated heterocycles. The number of fused-ring (bicyclic) bond motifs is 1. The molecular formula is C11H7NOS2. The van der Waals surface area contributed by atoms with Crippen LogP contribution in [0.15, 0.2) is 40.1 Å². The maximum absolute atomic E-state index is 12.1. The van der Waals surface area contributed by atoms with Crippen LogP contribution in [0.2, 0.25) is 0 Å². The Morgan fingerprint density at radius 2 is 2.13 bits per heavy atom. The Bertz CT molecular complexity index is 558. The van der Waals surface area contributed by atoms with Crippen LogP contribution in [0.25, 0.3) is 11.0 Å². The summed E-state index contributed by atoms with van der Waals surface area (Å²) in [5, 5.41) is 1.93. The first-order valence-electron chi connectivity index (χ1n) is 4.47. The van der Waals surface area contributed by atoms with Gasteiger partial charge in [-0.2, -0.15) is 0 Å². The van der Waals surface area contributed by atoms with Gasteiger partial charge in [0.1, 0.15) is 0 Å². The Morgan fingerprint density at radius 1 is 1.27 bits per heavy atom. The molecule has 15 heavy (non-hydrogen) atoms. The molecule has 0 fully saturated rings. The van der Waals surface area contributed by atoms with E-state index in [0.29, 0.717) is 0 Å². The van der Waals surface area contributed by atoms with E-state index in [4.69, 9.17) is 0 Å². The third-order valence-electron chi connectivity index (χ3n) is 2.29. The van der Waals surface area contributed by atoms with Crippen molar-refractivity contribution in [2.24, 2.45) is 0 Å². The average Bonchev–Trinajstić information content (AvgIpc) is 2.87. The van der Waals surface area contributed by atoms with E-state index in [1.165, 1.54) is 11.3 Å². The molecule has 3 rings (SSSR count). The molecule has 2 nitrogen and oxygen atoms in total. The first kappa shape index (κ1) is 9.00. The van der Waals surface area contributed by atoms with Crippen LogP contribution in [0.3, 0.4) is 0 Å². The molecule has 0 bridgehead atoms. The quantitative estimate of drug-likeness (QED) is 0.758. The van der Waals surface area contributed by atoms with Gasteiger partial charge in [0.05, 0.1) is 31.8 Å². The molecule has 1 aliphatic heterocycles. The third kappa shape index (κ3) is 1.37. The minimum atomic E-state index is -1.06. The van der Waals surface area contributed by atoms with Crippen LogP contribution in [0.4, 0.5) is 0 Å². The van der Waals surface area contributed by atoms with Gasteiger partial charge in [0.15, 0.2) is 0 Å². The minimum absolute atomic E-state index is 0.817. The maximum Gasteiger partial charge on any atom is 0.0904 e. The molecule has 0 spiro atoms. The fourth-order valence-electron chi connectivity index (χ4n) is 1.58. The van der Waals surface area contributed by atoms with E-state index in [9.17, 15) is 4.21 Å². The first-order valence-corrected chi connectivity index (χ1v) is 6.56. The van der Waals surface area contributed by atoms with Crippen molar-refractivity contribution in [1.82, 2.24) is 4.98 Å². The summed E-state index contributed by atoms with van der Waals surface area (Å²) < 4.78 is 12.1. The zero-order valence-corrected chi connectivity index (χ0v) is 9.35. The summed E-state index contributed by atoms with van der Waals surface area (Å²) in [4.78, 5) is 5.90. The van der Waals surface area contributed by atoms with Crippen LogP contribution in [0, 0.1) is 0 Å². The fourth-order valence-corrected chi connectivity index (χ4v) is 3.53. The Labute approximate surface area is 93.8 Å². The minimum Gasteiger partial charge on any atom is -0.249 e. The molecule has 0 N–H and O–H groups in total. The van der Waals surface area contributed by atoms with E-state index >= 15 is 0 Å². The Balaban J connectivity index is 2.15. The summed E-state index contributed by atoms with van der Waals surface area (Å²) in [6, 6.07) is 7.75. The van der Waals surface area contributed by atoms with Gasteiger partial charge in [0.25, 0.3) is 0 Å². The summed E-state index contributed by atoms with van der Waals surface area (Å²) in [5.41, 5.74) is 3.63. The molecule has 1 aromatic heterocycles. The molecular weight excluding hydrogens is 226 g/mol. The molecule has 0 amide bonds. The van der Waals surface area contributed by atoms with Crippen LogP contribution in [-0.4, -0.2) is 9.19 Å². The van der Waals surface area contributed by atoms with Crippen molar-refractivity contribution in [3.63, 3.8) is 0 Å². The Hall–Kier alpha value is -1.26. The fraction of sp³-hybridized carbons (Fsp3) is 0. The SMILES string of the molecule is O=S1C(c2cscn2)=Cc2ccccc21. The van der Waals surface area contributed by atoms with E-state index in [1.807, 2.05) is 35.7 Å². The van der Waals surface area contributed by atoms with E-state index in [-0.39, 0.29) is 0 Å². The van der Waals surface area contributed by atoms with Crippen LogP contribution in [0.5, 0.6) is 0 Å². The first-order chi connectivity index (χ1) is 7.36. The van der Waals surface area contributed by atoms with Crippen molar-refractivity contribution >= 4 is 33.1 Å². The van der Waals surface area contributed by atoms with Crippen LogP contribution < -0.4 is 0 Å². The molecule has 74 valence electrons. The summed E-state index contributed by atoms with van der Waals surface area (Å²) >= 11 is 1.52. The number of nitrogens with zero attached hydrogens (tertiary/aromatic N) is 1. The van der Waals surface area contributed by atoms with E-state index < -0.39 is 10.8 Å². The predicted molar refractivity (Wildman–Crippen MR) is 62.8 cm³/mol. The van der Waals surface area contributed by atoms with Gasteiger partial charge >= 0.3 is 0 Å². The standard InChI is InChI=1S/C11H7NOS2/c13-15-10-4-2-1-3-8(10)5-11(15)9-6-14-7-12-9/h1-7H. The molecule has 1 aliphatic rings. The zero-order chi connectivity index (χ0) is 10.3. The van der Waals surface area contributed by atoms with Gasteiger partial charge in [-0.25, -0.2) is 9.19 Å². The molecule has 0 saturated carbocycles. The average molecular weight is 233 g/mol. The monoisotopic (exact) mass is 233 g/mol. The highest BCUT2D eigenvalue weighted by molar-refractivity contribution is 7.95. The van der Waals surface area contributed by atoms with Gasteiger partial charge in [-0.3, -0.25) is 0 Å². The predicted octanol–water partition coefficient (Wildman–Crippen LogP) is 2.76. The number of hydrogen-bond donors (Lipinski definition) is 0. The van der Waals surface area contributed by atoms with Gasteiger partial charge in [-0.05, 0) is 17.7 Å². The van der Waals surface area contributed by atoms with Crippen molar-refractivity contribution in [1.29, 1.82) is 0 Å². The van der Waals surface area contributed by atoms with Crippen LogP contribution >= 0.6 is 11.3 Å². The molecule has 4 heteroatoms. The largest absolute Gasteiger partial charge is 0.249 e. The van der Waals surface area contributed by atoms with Crippen molar-refractivity contribution in [3.8, 4) is 0 Å². The lowest BCUT2D eigenvalue weighted by Gasteiger charge is -1.97. The second-order valence-corrected chi connectivity index (χ2v) is 5.32. The molecule has 1 aromatic carbocycles. The maximum atomic E-state index is 12.1. The summed E-state index contributed by atoms with van der Waals surface area (Å²) in [6.07, 6.45) is 1.96. The van der Waals surface area contributed by atoms with Gasteiger partial charge in [0.2, 0.25) is 0 Å². The van der Waals surface area contributed by atoms with Gasteiger partial charge < -0.3 is 0 Å². The van der Waals surface area contributed by atoms with Crippen molar-refractivity contribution in [2.45, 2.75) is 4.90 Å². The molecule has 2 aromatic rings. The Kier molecular flexibility index (Phi) is 2.04. The molecule has 0 radical (unpaired) electrons. The second-order valence-electron chi connectivity index (χ2n) is 3.19. The number of rotatable bonds is 1. The van der Waals surface area contributed by atoms with Crippen molar-refractivity contribution in [2.75, 3.05) is 0 Å². The normalized spacial score (nSPS) is 18.7. The second kappa shape index (κ2) is 3.40. The molecule has 2 heterocycles. The lowest BCUT2D eigenvalue weighted by Crippen LogP contribution is -1.90. The van der Waals surface area contributed by atoms with Crippen molar-refractivity contribution < 1.29 is 4.21 Å². The topological polar surface area (TPSA) is 30.0 Å². The highest BCUT2D eigenvalue weighted by Crippen LogP contribution is 2.34. The number of hydrogen-bond acceptors (Lipinski definition) is 3. The summed E-state index contributed by atoms with van der Waals surface area (Å²) in [5.74, 6) is 0. The highest BCUT2D eigenvalue weighted by atomic mass is 32.2. The van der Waals surface area contributed by atoms with E-state index in [0.717, 1.165) is 21.1 Å². The van der Waals surface area contributed by atoms with Crippen LogP contribution in [-0.2, 0) is 10.8 Å². The van der Waals surface area contributed by atoms with E-state index in [2.05, 4.69) is 4.98 Å². The number of thiazole rings is 1. The zero-order valence-electron chi connectivity index (χ0n) is 7.71. The third-order valence-corrected chi connectivity index (χ3v) is 4.37. The Morgan fingerprint density at radius 3 is 2.87 bits per heavy atom. The lowest BCUT2D eigenvalue weighted by molar-refractivity contribution is 0.689. The molecule has 1 unspecified atom stereocenters. The van der Waals surface area contributed by atoms with Crippen molar-refractivity contribution in [3.05, 3.63) is 46.4 Å². The van der Waals surface area contributed by atoms with Gasteiger partial charge in [-0.1, -0.05) is 18.2 Å². The van der Waals surface area contributed by atoms with Crippen LogP contribution in [0.1, 0.15) is 11.3 Å². The van der Waals surface area contributed by atoms with Gasteiger partial charge in [-0.15, -0.1) is 11.3 Å². The highest BCUT2D eigenvalue weighted by Gasteiger charge is 2.22.